The first-order chi connectivity index (χ1) is 13.9. The molecule has 1 aliphatic heterocycles. The van der Waals surface area contributed by atoms with Crippen molar-refractivity contribution in [3.05, 3.63) is 29.8 Å². The Morgan fingerprint density at radius 2 is 1.97 bits per heavy atom. The van der Waals surface area contributed by atoms with Gasteiger partial charge in [0.2, 0.25) is 0 Å². The van der Waals surface area contributed by atoms with E-state index < -0.39 is 36.6 Å². The molecule has 1 aromatic rings. The Hall–Kier alpha value is -2.90. The third-order valence-corrected chi connectivity index (χ3v) is 5.80. The summed E-state index contributed by atoms with van der Waals surface area (Å²) in [6.45, 7) is 2.99. The zero-order valence-corrected chi connectivity index (χ0v) is 16.8. The number of anilines is 1. The van der Waals surface area contributed by atoms with Gasteiger partial charge < -0.3 is 15.4 Å². The van der Waals surface area contributed by atoms with E-state index in [0.717, 1.165) is 36.1 Å². The van der Waals surface area contributed by atoms with Crippen LogP contribution >= 0.6 is 0 Å². The predicted octanol–water partition coefficient (Wildman–Crippen LogP) is 2.23. The molecule has 2 N–H and O–H groups in total. The van der Waals surface area contributed by atoms with Crippen molar-refractivity contribution >= 4 is 29.5 Å². The Balaban J connectivity index is 1.50. The van der Waals surface area contributed by atoms with E-state index in [1.165, 1.54) is 0 Å². The van der Waals surface area contributed by atoms with Crippen molar-refractivity contribution in [1.82, 2.24) is 10.2 Å². The zero-order chi connectivity index (χ0) is 21.0. The number of nitrogens with zero attached hydrogens (tertiary/aromatic N) is 1. The van der Waals surface area contributed by atoms with E-state index in [0.29, 0.717) is 12.1 Å². The number of rotatable bonds is 6. The number of hydrogen-bond acceptors (Lipinski definition) is 5. The van der Waals surface area contributed by atoms with Gasteiger partial charge in [0.05, 0.1) is 0 Å². The largest absolute Gasteiger partial charge is 0.454 e. The van der Waals surface area contributed by atoms with E-state index in [-0.39, 0.29) is 11.8 Å². The van der Waals surface area contributed by atoms with Gasteiger partial charge in [-0.05, 0) is 42.9 Å². The summed E-state index contributed by atoms with van der Waals surface area (Å²) in [4.78, 5) is 50.1. The maximum Gasteiger partial charge on any atom is 0.326 e. The van der Waals surface area contributed by atoms with Gasteiger partial charge in [-0.3, -0.25) is 19.3 Å². The Labute approximate surface area is 170 Å². The summed E-state index contributed by atoms with van der Waals surface area (Å²) < 4.78 is 4.96. The monoisotopic (exact) mass is 401 g/mol. The first-order valence-electron chi connectivity index (χ1n) is 10.0. The lowest BCUT2D eigenvalue weighted by atomic mass is 9.73. The number of imide groups is 1. The van der Waals surface area contributed by atoms with Crippen molar-refractivity contribution in [3.8, 4) is 0 Å². The Morgan fingerprint density at radius 3 is 2.62 bits per heavy atom. The van der Waals surface area contributed by atoms with Crippen molar-refractivity contribution in [2.75, 3.05) is 18.5 Å². The van der Waals surface area contributed by atoms with E-state index >= 15 is 0 Å². The molecule has 2 fully saturated rings. The minimum atomic E-state index is -0.919. The van der Waals surface area contributed by atoms with Gasteiger partial charge in [-0.1, -0.05) is 38.8 Å². The van der Waals surface area contributed by atoms with Gasteiger partial charge in [0.15, 0.2) is 6.61 Å². The summed E-state index contributed by atoms with van der Waals surface area (Å²) in [5.41, 5.74) is 0.830. The number of carbonyl (C=O) groups is 4. The number of amides is 4. The predicted molar refractivity (Wildman–Crippen MR) is 106 cm³/mol. The fourth-order valence-corrected chi connectivity index (χ4v) is 3.98. The molecule has 2 aliphatic rings. The number of esters is 1. The average molecular weight is 401 g/mol. The van der Waals surface area contributed by atoms with Crippen molar-refractivity contribution in [2.24, 2.45) is 5.92 Å². The molecule has 0 unspecified atom stereocenters. The number of carbonyl (C=O) groups excluding carboxylic acids is 4. The number of nitrogens with one attached hydrogen (secondary N) is 2. The summed E-state index contributed by atoms with van der Waals surface area (Å²) in [6.07, 6.45) is 4.19. The number of ether oxygens (including phenoxy) is 1. The average Bonchev–Trinajstić information content (AvgIpc) is 2.94. The summed E-state index contributed by atoms with van der Waals surface area (Å²) >= 11 is 0. The molecule has 1 saturated carbocycles. The van der Waals surface area contributed by atoms with Crippen LogP contribution in [0.1, 0.15) is 45.1 Å². The molecule has 1 aromatic carbocycles. The Bertz CT molecular complexity index is 807. The molecule has 0 aromatic heterocycles. The van der Waals surface area contributed by atoms with Gasteiger partial charge in [0.25, 0.3) is 11.8 Å². The maximum atomic E-state index is 12.8. The van der Waals surface area contributed by atoms with Gasteiger partial charge in [-0.15, -0.1) is 0 Å². The molecule has 0 bridgehead atoms. The van der Waals surface area contributed by atoms with Crippen molar-refractivity contribution in [2.45, 2.75) is 51.5 Å². The molecule has 3 rings (SSSR count). The second-order valence-corrected chi connectivity index (χ2v) is 7.70. The van der Waals surface area contributed by atoms with E-state index in [4.69, 9.17) is 4.74 Å². The fourth-order valence-electron chi connectivity index (χ4n) is 3.98. The fraction of sp³-hybridized carbons (Fsp3) is 0.524. The van der Waals surface area contributed by atoms with Crippen LogP contribution in [0, 0.1) is 5.92 Å². The van der Waals surface area contributed by atoms with Gasteiger partial charge in [0.1, 0.15) is 12.1 Å². The van der Waals surface area contributed by atoms with Gasteiger partial charge in [-0.2, -0.15) is 0 Å². The van der Waals surface area contributed by atoms with Gasteiger partial charge in [0, 0.05) is 5.69 Å². The van der Waals surface area contributed by atoms with Crippen molar-refractivity contribution < 1.29 is 23.9 Å². The quantitative estimate of drug-likeness (QED) is 0.562. The summed E-state index contributed by atoms with van der Waals surface area (Å²) in [6, 6.07) is 6.77. The van der Waals surface area contributed by atoms with E-state index in [9.17, 15) is 19.2 Å². The summed E-state index contributed by atoms with van der Waals surface area (Å²) in [7, 11) is 0. The highest BCUT2D eigenvalue weighted by molar-refractivity contribution is 6.09. The topological polar surface area (TPSA) is 105 Å². The Morgan fingerprint density at radius 1 is 1.24 bits per heavy atom. The number of urea groups is 1. The molecule has 4 amide bonds. The van der Waals surface area contributed by atoms with Crippen LogP contribution in [0.25, 0.3) is 0 Å². The first kappa shape index (κ1) is 20.8. The maximum absolute atomic E-state index is 12.8. The molecule has 2 atom stereocenters. The second kappa shape index (κ2) is 8.63. The molecular weight excluding hydrogens is 374 g/mol. The smallest absolute Gasteiger partial charge is 0.326 e. The van der Waals surface area contributed by atoms with Crippen LogP contribution in [0.2, 0.25) is 0 Å². The molecule has 29 heavy (non-hydrogen) atoms. The molecule has 0 radical (unpaired) electrons. The number of benzene rings is 1. The van der Waals surface area contributed by atoms with Crippen molar-refractivity contribution in [1.29, 1.82) is 0 Å². The number of hydrogen-bond donors (Lipinski definition) is 2. The van der Waals surface area contributed by atoms with Crippen LogP contribution in [0.3, 0.4) is 0 Å². The molecule has 8 heteroatoms. The van der Waals surface area contributed by atoms with Crippen LogP contribution < -0.4 is 10.6 Å². The SMILES string of the molecule is CCc1ccc(NC(=O)COC(=O)CN2C(=O)N[C@@]3(CCCC[C@H]3C)C2=O)cc1. The van der Waals surface area contributed by atoms with E-state index in [1.807, 2.05) is 26.0 Å². The van der Waals surface area contributed by atoms with Crippen LogP contribution in [-0.4, -0.2) is 47.4 Å². The van der Waals surface area contributed by atoms with E-state index in [1.54, 1.807) is 12.1 Å². The normalized spacial score (nSPS) is 23.8. The summed E-state index contributed by atoms with van der Waals surface area (Å²) in [5.74, 6) is -1.66. The third kappa shape index (κ3) is 4.41. The lowest BCUT2D eigenvalue weighted by Crippen LogP contribution is -2.54. The van der Waals surface area contributed by atoms with Gasteiger partial charge in [-0.25, -0.2) is 4.79 Å². The standard InChI is InChI=1S/C21H27N3O5/c1-3-15-7-9-16(10-8-15)22-17(25)13-29-18(26)12-24-19(27)21(23-20(24)28)11-5-4-6-14(21)2/h7-10,14H,3-6,11-13H2,1-2H3,(H,22,25)(H,23,28)/t14-,21-/m1/s1. The van der Waals surface area contributed by atoms with Crippen LogP contribution in [0.4, 0.5) is 10.5 Å². The minimum Gasteiger partial charge on any atom is -0.454 e. The zero-order valence-electron chi connectivity index (χ0n) is 16.8. The lowest BCUT2D eigenvalue weighted by Gasteiger charge is -2.36. The van der Waals surface area contributed by atoms with Crippen LogP contribution in [0.5, 0.6) is 0 Å². The molecule has 1 aliphatic carbocycles. The highest BCUT2D eigenvalue weighted by Crippen LogP contribution is 2.38. The first-order valence-corrected chi connectivity index (χ1v) is 10.0. The molecule has 8 nitrogen and oxygen atoms in total. The minimum absolute atomic E-state index is 0.0126. The Kier molecular flexibility index (Phi) is 6.20. The lowest BCUT2D eigenvalue weighted by molar-refractivity contribution is -0.150. The van der Waals surface area contributed by atoms with Crippen LogP contribution in [0.15, 0.2) is 24.3 Å². The van der Waals surface area contributed by atoms with E-state index in [2.05, 4.69) is 10.6 Å². The number of aryl methyl sites for hydroxylation is 1. The molecular formula is C21H27N3O5. The summed E-state index contributed by atoms with van der Waals surface area (Å²) in [5, 5.41) is 5.42. The molecule has 1 saturated heterocycles. The highest BCUT2D eigenvalue weighted by atomic mass is 16.5. The highest BCUT2D eigenvalue weighted by Gasteiger charge is 2.55. The van der Waals surface area contributed by atoms with Crippen molar-refractivity contribution in [3.63, 3.8) is 0 Å². The molecule has 1 spiro atoms. The second-order valence-electron chi connectivity index (χ2n) is 7.70. The van der Waals surface area contributed by atoms with Gasteiger partial charge >= 0.3 is 12.0 Å². The van der Waals surface area contributed by atoms with Crippen LogP contribution in [-0.2, 0) is 25.5 Å². The molecule has 1 heterocycles. The molecule has 156 valence electrons. The third-order valence-electron chi connectivity index (χ3n) is 5.80.